The van der Waals surface area contributed by atoms with Crippen LogP contribution in [0.2, 0.25) is 0 Å². The molecule has 0 radical (unpaired) electrons. The topological polar surface area (TPSA) is 3.24 Å². The molecule has 0 saturated carbocycles. The zero-order valence-corrected chi connectivity index (χ0v) is 14.2. The largest absolute Gasteiger partial charge is 0.344 e. The Labute approximate surface area is 135 Å². The number of hydrogen-bond acceptors (Lipinski definition) is 1. The van der Waals surface area contributed by atoms with E-state index in [1.807, 2.05) is 0 Å². The third-order valence-electron chi connectivity index (χ3n) is 4.97. The van der Waals surface area contributed by atoms with Gasteiger partial charge in [0.25, 0.3) is 0 Å². The highest BCUT2D eigenvalue weighted by Crippen LogP contribution is 2.38. The van der Waals surface area contributed by atoms with Gasteiger partial charge in [-0.25, -0.2) is 0 Å². The molecule has 0 aromatic heterocycles. The van der Waals surface area contributed by atoms with Gasteiger partial charge in [-0.1, -0.05) is 39.8 Å². The lowest BCUT2D eigenvalue weighted by Gasteiger charge is -2.40. The van der Waals surface area contributed by atoms with Crippen LogP contribution in [0.5, 0.6) is 0 Å². The van der Waals surface area contributed by atoms with E-state index in [0.29, 0.717) is 6.04 Å². The maximum absolute atomic E-state index is 4.13. The lowest BCUT2D eigenvalue weighted by atomic mass is 9.84. The molecule has 22 heavy (non-hydrogen) atoms. The molecule has 2 aliphatic heterocycles. The van der Waals surface area contributed by atoms with Crippen LogP contribution in [0.1, 0.15) is 55.9 Å². The Morgan fingerprint density at radius 2 is 2.00 bits per heavy atom. The Morgan fingerprint density at radius 1 is 1.18 bits per heavy atom. The molecule has 3 rings (SSSR count). The number of rotatable bonds is 4. The molecule has 1 nitrogen and oxygen atoms in total. The van der Waals surface area contributed by atoms with Gasteiger partial charge in [-0.15, -0.1) is 0 Å². The predicted octanol–water partition coefficient (Wildman–Crippen LogP) is 5.26. The van der Waals surface area contributed by atoms with Crippen molar-refractivity contribution in [1.29, 1.82) is 0 Å². The van der Waals surface area contributed by atoms with Crippen LogP contribution in [0.3, 0.4) is 0 Å². The van der Waals surface area contributed by atoms with E-state index < -0.39 is 0 Å². The van der Waals surface area contributed by atoms with Gasteiger partial charge in [0.15, 0.2) is 0 Å². The number of fused-ring (bicyclic) bond motifs is 3. The van der Waals surface area contributed by atoms with E-state index in [4.69, 9.17) is 0 Å². The van der Waals surface area contributed by atoms with E-state index >= 15 is 0 Å². The van der Waals surface area contributed by atoms with Crippen molar-refractivity contribution < 1.29 is 0 Å². The molecule has 116 valence electrons. The van der Waals surface area contributed by atoms with Crippen LogP contribution in [0.15, 0.2) is 42.6 Å². The van der Waals surface area contributed by atoms with Gasteiger partial charge in [-0.3, -0.25) is 0 Å². The van der Waals surface area contributed by atoms with E-state index in [1.165, 1.54) is 41.6 Å². The molecule has 1 heteroatoms. The molecule has 0 N–H and O–H groups in total. The Kier molecular flexibility index (Phi) is 4.24. The molecule has 0 amide bonds. The molecule has 0 spiro atoms. The lowest BCUT2D eigenvalue weighted by molar-refractivity contribution is 0.354. The highest BCUT2D eigenvalue weighted by molar-refractivity contribution is 5.75. The van der Waals surface area contributed by atoms with Gasteiger partial charge in [0.1, 0.15) is 0 Å². The van der Waals surface area contributed by atoms with Crippen LogP contribution in [0.4, 0.5) is 0 Å². The quantitative estimate of drug-likeness (QED) is 0.731. The molecule has 1 unspecified atom stereocenters. The Balaban J connectivity index is 2.13. The standard InChI is InChI=1S/C21H27N/c1-5-8-17-12-18-13-19(7-3)22-10-9-15(4)11-21(22)20(18)14-16(17)6-2/h9-12,14,19H,4-8,13H2,1-3H3. The van der Waals surface area contributed by atoms with E-state index in [1.54, 1.807) is 5.56 Å². The fourth-order valence-corrected chi connectivity index (χ4v) is 3.76. The van der Waals surface area contributed by atoms with Gasteiger partial charge < -0.3 is 4.90 Å². The van der Waals surface area contributed by atoms with Gasteiger partial charge in [0.2, 0.25) is 0 Å². The smallest absolute Gasteiger partial charge is 0.0491 e. The first-order valence-electron chi connectivity index (χ1n) is 8.70. The average molecular weight is 293 g/mol. The number of hydrogen-bond donors (Lipinski definition) is 0. The Bertz CT molecular complexity index is 648. The van der Waals surface area contributed by atoms with Crippen molar-refractivity contribution in [3.05, 3.63) is 64.9 Å². The summed E-state index contributed by atoms with van der Waals surface area (Å²) >= 11 is 0. The maximum atomic E-state index is 4.13. The summed E-state index contributed by atoms with van der Waals surface area (Å²) in [6, 6.07) is 5.50. The minimum absolute atomic E-state index is 0.574. The fraction of sp³-hybridized carbons (Fsp3) is 0.429. The van der Waals surface area contributed by atoms with Crippen molar-refractivity contribution in [2.75, 3.05) is 0 Å². The molecular weight excluding hydrogens is 266 g/mol. The van der Waals surface area contributed by atoms with Gasteiger partial charge in [0, 0.05) is 23.5 Å². The van der Waals surface area contributed by atoms with Crippen molar-refractivity contribution >= 4 is 5.70 Å². The van der Waals surface area contributed by atoms with Gasteiger partial charge in [-0.05, 0) is 66.2 Å². The summed E-state index contributed by atoms with van der Waals surface area (Å²) in [7, 11) is 0. The molecular formula is C21H27N. The summed E-state index contributed by atoms with van der Waals surface area (Å²) in [5.41, 5.74) is 8.46. The highest BCUT2D eigenvalue weighted by atomic mass is 15.2. The second kappa shape index (κ2) is 6.16. The lowest BCUT2D eigenvalue weighted by Crippen LogP contribution is -2.36. The average Bonchev–Trinajstić information content (AvgIpc) is 2.53. The molecule has 1 aromatic rings. The van der Waals surface area contributed by atoms with Crippen LogP contribution in [0, 0.1) is 0 Å². The van der Waals surface area contributed by atoms with Crippen LogP contribution >= 0.6 is 0 Å². The summed E-state index contributed by atoms with van der Waals surface area (Å²) < 4.78 is 0. The molecule has 1 aromatic carbocycles. The zero-order valence-electron chi connectivity index (χ0n) is 14.2. The first-order valence-corrected chi connectivity index (χ1v) is 8.70. The second-order valence-electron chi connectivity index (χ2n) is 6.48. The van der Waals surface area contributed by atoms with E-state index in [-0.39, 0.29) is 0 Å². The molecule has 0 aliphatic carbocycles. The van der Waals surface area contributed by atoms with Crippen LogP contribution in [-0.4, -0.2) is 10.9 Å². The summed E-state index contributed by atoms with van der Waals surface area (Å²) in [6.07, 6.45) is 12.5. The van der Waals surface area contributed by atoms with Crippen molar-refractivity contribution in [1.82, 2.24) is 4.90 Å². The predicted molar refractivity (Wildman–Crippen MR) is 95.7 cm³/mol. The third kappa shape index (κ3) is 2.54. The molecule has 0 saturated heterocycles. The van der Waals surface area contributed by atoms with Crippen LogP contribution in [-0.2, 0) is 19.3 Å². The zero-order chi connectivity index (χ0) is 15.7. The molecule has 1 atom stereocenters. The molecule has 0 fully saturated rings. The maximum Gasteiger partial charge on any atom is 0.0491 e. The highest BCUT2D eigenvalue weighted by Gasteiger charge is 2.29. The summed E-state index contributed by atoms with van der Waals surface area (Å²) in [4.78, 5) is 2.45. The van der Waals surface area contributed by atoms with Crippen molar-refractivity contribution in [3.63, 3.8) is 0 Å². The summed E-state index contributed by atoms with van der Waals surface area (Å²) in [5.74, 6) is 0. The normalized spacial score (nSPS) is 19.8. The first kappa shape index (κ1) is 15.1. The number of benzene rings is 1. The van der Waals surface area contributed by atoms with E-state index in [2.05, 4.69) is 62.7 Å². The van der Waals surface area contributed by atoms with Gasteiger partial charge in [-0.2, -0.15) is 0 Å². The fourth-order valence-electron chi connectivity index (χ4n) is 3.76. The van der Waals surface area contributed by atoms with Crippen molar-refractivity contribution in [3.8, 4) is 0 Å². The van der Waals surface area contributed by atoms with Crippen molar-refractivity contribution in [2.45, 2.75) is 58.9 Å². The minimum atomic E-state index is 0.574. The van der Waals surface area contributed by atoms with E-state index in [0.717, 1.165) is 18.4 Å². The Hall–Kier alpha value is -1.76. The van der Waals surface area contributed by atoms with Gasteiger partial charge >= 0.3 is 0 Å². The Morgan fingerprint density at radius 3 is 2.68 bits per heavy atom. The second-order valence-corrected chi connectivity index (χ2v) is 6.48. The summed E-state index contributed by atoms with van der Waals surface area (Å²) in [6.45, 7) is 11.0. The monoisotopic (exact) mass is 293 g/mol. The molecule has 2 heterocycles. The number of allylic oxidation sites excluding steroid dienone is 3. The number of nitrogens with zero attached hydrogens (tertiary/aromatic N) is 1. The minimum Gasteiger partial charge on any atom is -0.344 e. The van der Waals surface area contributed by atoms with Crippen LogP contribution in [0.25, 0.3) is 5.70 Å². The van der Waals surface area contributed by atoms with Gasteiger partial charge in [0.05, 0.1) is 0 Å². The SMILES string of the molecule is C=C1C=CN2C(=C1)c1cc(CC)c(CCC)cc1CC2CC. The molecule has 2 aliphatic rings. The third-order valence-corrected chi connectivity index (χ3v) is 4.97. The summed E-state index contributed by atoms with van der Waals surface area (Å²) in [5, 5.41) is 0. The first-order chi connectivity index (χ1) is 10.7. The molecule has 0 bridgehead atoms. The van der Waals surface area contributed by atoms with E-state index in [9.17, 15) is 0 Å². The van der Waals surface area contributed by atoms with Crippen LogP contribution < -0.4 is 0 Å². The number of aryl methyl sites for hydroxylation is 2. The van der Waals surface area contributed by atoms with Crippen molar-refractivity contribution in [2.24, 2.45) is 0 Å².